The summed E-state index contributed by atoms with van der Waals surface area (Å²) in [4.78, 5) is 27.6. The van der Waals surface area contributed by atoms with Crippen molar-refractivity contribution in [1.29, 1.82) is 0 Å². The van der Waals surface area contributed by atoms with Gasteiger partial charge in [-0.1, -0.05) is 31.2 Å². The number of benzene rings is 1. The lowest BCUT2D eigenvalue weighted by molar-refractivity contribution is -0.234. The number of nitrogens with one attached hydrogen (secondary N) is 1. The summed E-state index contributed by atoms with van der Waals surface area (Å²) >= 11 is 1.48. The molecule has 0 radical (unpaired) electrons. The maximum absolute atomic E-state index is 17.5. The van der Waals surface area contributed by atoms with Gasteiger partial charge in [-0.3, -0.25) is 9.59 Å². The number of rotatable bonds is 6. The summed E-state index contributed by atoms with van der Waals surface area (Å²) in [6.07, 6.45) is -1.27. The highest BCUT2D eigenvalue weighted by molar-refractivity contribution is 7.12. The van der Waals surface area contributed by atoms with Gasteiger partial charge in [0.1, 0.15) is 12.8 Å². The average Bonchev–Trinajstić information content (AvgIpc) is 3.68. The highest BCUT2D eigenvalue weighted by Crippen LogP contribution is 2.72. The van der Waals surface area contributed by atoms with Crippen LogP contribution in [0.3, 0.4) is 0 Å². The molecular formula is C33H35F2NO6S. The molecule has 5 aliphatic rings. The predicted octanol–water partition coefficient (Wildman–Crippen LogP) is 5.00. The number of ether oxygens (including phenoxy) is 2. The Kier molecular flexibility index (Phi) is 6.65. The van der Waals surface area contributed by atoms with Crippen LogP contribution in [0.1, 0.15) is 49.2 Å². The zero-order valence-corrected chi connectivity index (χ0v) is 24.8. The van der Waals surface area contributed by atoms with E-state index in [9.17, 15) is 19.8 Å². The first-order chi connectivity index (χ1) is 20.5. The normalized spacial score (nSPS) is 42.9. The van der Waals surface area contributed by atoms with Crippen LogP contribution in [0, 0.1) is 22.7 Å². The number of halogens is 2. The highest BCUT2D eigenvalue weighted by atomic mass is 32.1. The first kappa shape index (κ1) is 29.0. The van der Waals surface area contributed by atoms with Crippen LogP contribution in [0.5, 0.6) is 0 Å². The molecular weight excluding hydrogens is 576 g/mol. The topological polar surface area (TPSA) is 105 Å². The molecule has 2 heterocycles. The van der Waals surface area contributed by atoms with Crippen LogP contribution in [0.15, 0.2) is 66.3 Å². The van der Waals surface area contributed by atoms with E-state index >= 15 is 8.78 Å². The number of alkyl halides is 2. The van der Waals surface area contributed by atoms with Gasteiger partial charge in [-0.2, -0.15) is 0 Å². The minimum atomic E-state index is -2.28. The number of fused-ring (bicyclic) bond motifs is 7. The number of aliphatic hydroxyl groups excluding tert-OH is 2. The van der Waals surface area contributed by atoms with Crippen molar-refractivity contribution in [1.82, 2.24) is 0 Å². The fraction of sp³-hybridized carbons (Fsp3) is 0.515. The van der Waals surface area contributed by atoms with Crippen molar-refractivity contribution < 1.29 is 38.1 Å². The molecule has 43 heavy (non-hydrogen) atoms. The second-order valence-electron chi connectivity index (χ2n) is 13.0. The van der Waals surface area contributed by atoms with Gasteiger partial charge in [0, 0.05) is 33.9 Å². The van der Waals surface area contributed by atoms with Gasteiger partial charge in [0.25, 0.3) is 0 Å². The van der Waals surface area contributed by atoms with E-state index in [-0.39, 0.29) is 24.8 Å². The Hall–Kier alpha value is -2.76. The predicted molar refractivity (Wildman–Crippen MR) is 156 cm³/mol. The van der Waals surface area contributed by atoms with Crippen LogP contribution < -0.4 is 5.32 Å². The molecule has 3 saturated carbocycles. The summed E-state index contributed by atoms with van der Waals surface area (Å²) in [6.45, 7) is 3.09. The third kappa shape index (κ3) is 3.83. The van der Waals surface area contributed by atoms with Crippen LogP contribution in [0.4, 0.5) is 14.5 Å². The molecule has 10 atom stereocenters. The minimum absolute atomic E-state index is 0.0450. The number of hydrogen-bond donors (Lipinski definition) is 3. The number of carbonyl (C=O) groups excluding carboxylic acids is 2. The van der Waals surface area contributed by atoms with Crippen molar-refractivity contribution in [3.05, 3.63) is 76.0 Å². The van der Waals surface area contributed by atoms with Crippen molar-refractivity contribution in [3.63, 3.8) is 0 Å². The summed E-state index contributed by atoms with van der Waals surface area (Å²) in [6, 6.07) is 13.6. The van der Waals surface area contributed by atoms with Crippen molar-refractivity contribution in [3.8, 4) is 0 Å². The molecule has 1 saturated heterocycles. The second-order valence-corrected chi connectivity index (χ2v) is 14.2. The fourth-order valence-electron chi connectivity index (χ4n) is 9.05. The SMILES string of the molecule is C[C@]12C=CC(=O)C=C1[C@@H](F)C[C@H]1[C@@H]3C[C@H]4O[C@@H](c5ccc(CNc6ccccc6)s5)O[C@@]4(C(=O)CO)[C@@]3(C)C[C@H](O)[C@@]12F. The van der Waals surface area contributed by atoms with E-state index in [1.807, 2.05) is 42.5 Å². The molecule has 3 N–H and O–H groups in total. The third-order valence-corrected chi connectivity index (χ3v) is 12.2. The molecule has 0 spiro atoms. The van der Waals surface area contributed by atoms with Crippen molar-refractivity contribution in [2.45, 2.75) is 75.6 Å². The summed E-state index contributed by atoms with van der Waals surface area (Å²) in [5, 5.41) is 25.2. The molecule has 1 aliphatic heterocycles. The Morgan fingerprint density at radius 2 is 1.91 bits per heavy atom. The van der Waals surface area contributed by atoms with Crippen LogP contribution in [-0.2, 0) is 25.6 Å². The largest absolute Gasteiger partial charge is 0.390 e. The van der Waals surface area contributed by atoms with Gasteiger partial charge in [0.05, 0.1) is 17.1 Å². The van der Waals surface area contributed by atoms with Crippen LogP contribution in [-0.4, -0.2) is 58.0 Å². The van der Waals surface area contributed by atoms with E-state index in [4.69, 9.17) is 9.47 Å². The van der Waals surface area contributed by atoms with Gasteiger partial charge in [-0.15, -0.1) is 11.3 Å². The molecule has 0 amide bonds. The zero-order valence-electron chi connectivity index (χ0n) is 24.0. The molecule has 2 aromatic rings. The first-order valence-corrected chi connectivity index (χ1v) is 15.6. The Balaban J connectivity index is 1.20. The number of carbonyl (C=O) groups is 2. The van der Waals surface area contributed by atoms with E-state index in [1.165, 1.54) is 23.5 Å². The summed E-state index contributed by atoms with van der Waals surface area (Å²) in [5.41, 5.74) is -5.57. The lowest BCUT2D eigenvalue weighted by atomic mass is 9.44. The fourth-order valence-corrected chi connectivity index (χ4v) is 9.97. The summed E-state index contributed by atoms with van der Waals surface area (Å²) in [7, 11) is 0. The Labute approximate surface area is 252 Å². The molecule has 1 aromatic heterocycles. The smallest absolute Gasteiger partial charge is 0.194 e. The van der Waals surface area contributed by atoms with Crippen LogP contribution in [0.2, 0.25) is 0 Å². The highest BCUT2D eigenvalue weighted by Gasteiger charge is 2.80. The van der Waals surface area contributed by atoms with E-state index in [0.717, 1.165) is 21.5 Å². The Bertz CT molecular complexity index is 1530. The molecule has 0 bridgehead atoms. The van der Waals surface area contributed by atoms with Gasteiger partial charge in [-0.05, 0) is 74.1 Å². The van der Waals surface area contributed by atoms with Crippen LogP contribution in [0.25, 0.3) is 0 Å². The minimum Gasteiger partial charge on any atom is -0.390 e. The number of hydrogen-bond acceptors (Lipinski definition) is 8. The number of thiophene rings is 1. The van der Waals surface area contributed by atoms with Gasteiger partial charge < -0.3 is 25.0 Å². The zero-order chi connectivity index (χ0) is 30.4. The molecule has 4 aliphatic carbocycles. The monoisotopic (exact) mass is 611 g/mol. The standard InChI is InChI=1S/C33H35F2NO6S/c1-30-11-10-19(38)12-23(30)24(34)13-22-21-14-28-33(27(40)17-37,31(21,2)15-26(39)32(22,30)35)42-29(41-28)25-9-8-20(43-25)16-36-18-6-4-3-5-7-18/h3-12,21-22,24,26,28-29,36-37,39H,13-17H2,1-2H3/t21-,22-,24-,26-,28+,29+,30-,31-,32-,33+/m0/s1. The van der Waals surface area contributed by atoms with Gasteiger partial charge in [0.2, 0.25) is 0 Å². The summed E-state index contributed by atoms with van der Waals surface area (Å²) < 4.78 is 46.3. The maximum atomic E-state index is 17.5. The number of para-hydroxylation sites is 1. The molecule has 7 nitrogen and oxygen atoms in total. The van der Waals surface area contributed by atoms with E-state index in [1.54, 1.807) is 13.8 Å². The molecule has 0 unspecified atom stereocenters. The first-order valence-electron chi connectivity index (χ1n) is 14.8. The number of anilines is 1. The van der Waals surface area contributed by atoms with Gasteiger partial charge >= 0.3 is 0 Å². The lowest BCUT2D eigenvalue weighted by Crippen LogP contribution is -2.70. The summed E-state index contributed by atoms with van der Waals surface area (Å²) in [5.74, 6) is -2.56. The number of allylic oxidation sites excluding steroid dienone is 4. The van der Waals surface area contributed by atoms with E-state index in [2.05, 4.69) is 5.32 Å². The molecule has 4 fully saturated rings. The van der Waals surface area contributed by atoms with Crippen LogP contribution >= 0.6 is 11.3 Å². The number of ketones is 2. The molecule has 7 rings (SSSR count). The Morgan fingerprint density at radius 3 is 2.65 bits per heavy atom. The van der Waals surface area contributed by atoms with E-state index < -0.39 is 76.8 Å². The molecule has 228 valence electrons. The Morgan fingerprint density at radius 1 is 1.14 bits per heavy atom. The van der Waals surface area contributed by atoms with Crippen molar-refractivity contribution in [2.75, 3.05) is 11.9 Å². The third-order valence-electron chi connectivity index (χ3n) is 11.1. The van der Waals surface area contributed by atoms with Gasteiger partial charge in [-0.25, -0.2) is 8.78 Å². The molecule has 1 aromatic carbocycles. The maximum Gasteiger partial charge on any atom is 0.194 e. The van der Waals surface area contributed by atoms with Gasteiger partial charge in [0.15, 0.2) is 29.1 Å². The number of Topliss-reactive ketones (excluding diaryl/α,β-unsaturated/α-hetero) is 1. The van der Waals surface area contributed by atoms with E-state index in [0.29, 0.717) is 6.54 Å². The van der Waals surface area contributed by atoms with Crippen molar-refractivity contribution in [2.24, 2.45) is 22.7 Å². The quantitative estimate of drug-likeness (QED) is 0.422. The average molecular weight is 612 g/mol. The van der Waals surface area contributed by atoms with Crippen molar-refractivity contribution >= 4 is 28.6 Å². The second kappa shape index (κ2) is 9.87. The lowest BCUT2D eigenvalue weighted by Gasteiger charge is -2.63. The number of aliphatic hydroxyl groups is 2. The molecule has 10 heteroatoms.